The lowest BCUT2D eigenvalue weighted by molar-refractivity contribution is 0.601. The quantitative estimate of drug-likeness (QED) is 0.839. The van der Waals surface area contributed by atoms with Crippen LogP contribution in [0.3, 0.4) is 0 Å². The van der Waals surface area contributed by atoms with Crippen LogP contribution in [0.2, 0.25) is 5.02 Å². The molecule has 0 aliphatic carbocycles. The molecule has 1 aromatic carbocycles. The highest BCUT2D eigenvalue weighted by Gasteiger charge is 2.20. The Balaban J connectivity index is 2.47. The number of rotatable bonds is 3. The summed E-state index contributed by atoms with van der Waals surface area (Å²) in [4.78, 5) is 3.76. The molecule has 0 bridgehead atoms. The third-order valence-corrected chi connectivity index (χ3v) is 4.83. The summed E-state index contributed by atoms with van der Waals surface area (Å²) >= 11 is 9.03. The Morgan fingerprint density at radius 3 is 2.75 bits per heavy atom. The van der Waals surface area contributed by atoms with E-state index in [9.17, 15) is 8.42 Å². The first-order valence-electron chi connectivity index (χ1n) is 5.27. The van der Waals surface area contributed by atoms with Crippen LogP contribution in [0.15, 0.2) is 46.0 Å². The van der Waals surface area contributed by atoms with Gasteiger partial charge in [-0.1, -0.05) is 11.6 Å². The molecule has 1 N–H and O–H groups in total. The largest absolute Gasteiger partial charge is 0.277 e. The fourth-order valence-corrected chi connectivity index (χ4v) is 3.51. The summed E-state index contributed by atoms with van der Waals surface area (Å²) < 4.78 is 27.3. The van der Waals surface area contributed by atoms with E-state index in [-0.39, 0.29) is 21.2 Å². The lowest BCUT2D eigenvalue weighted by Crippen LogP contribution is -2.14. The first-order chi connectivity index (χ1) is 9.44. The van der Waals surface area contributed by atoms with Gasteiger partial charge in [-0.2, -0.15) is 5.26 Å². The number of sulfonamides is 1. The monoisotopic (exact) mass is 371 g/mol. The average Bonchev–Trinajstić information content (AvgIpc) is 2.41. The second-order valence-electron chi connectivity index (χ2n) is 3.70. The summed E-state index contributed by atoms with van der Waals surface area (Å²) in [7, 11) is -3.90. The van der Waals surface area contributed by atoms with E-state index in [0.29, 0.717) is 4.60 Å². The van der Waals surface area contributed by atoms with Crippen LogP contribution in [-0.4, -0.2) is 13.4 Å². The lowest BCUT2D eigenvalue weighted by Gasteiger charge is -2.10. The predicted octanol–water partition coefficient (Wildman–Crippen LogP) is 3.17. The van der Waals surface area contributed by atoms with E-state index in [4.69, 9.17) is 16.9 Å². The molecule has 0 saturated heterocycles. The zero-order valence-electron chi connectivity index (χ0n) is 9.84. The Morgan fingerprint density at radius 2 is 2.10 bits per heavy atom. The van der Waals surface area contributed by atoms with Crippen molar-refractivity contribution in [3.8, 4) is 6.07 Å². The normalized spacial score (nSPS) is 10.8. The van der Waals surface area contributed by atoms with Crippen LogP contribution in [0.25, 0.3) is 0 Å². The van der Waals surface area contributed by atoms with Crippen LogP contribution in [0.4, 0.5) is 5.69 Å². The number of hydrogen-bond acceptors (Lipinski definition) is 4. The van der Waals surface area contributed by atoms with Crippen molar-refractivity contribution < 1.29 is 8.42 Å². The highest BCUT2D eigenvalue weighted by atomic mass is 79.9. The van der Waals surface area contributed by atoms with Crippen LogP contribution >= 0.6 is 27.5 Å². The van der Waals surface area contributed by atoms with E-state index in [1.165, 1.54) is 24.4 Å². The molecule has 0 aliphatic heterocycles. The van der Waals surface area contributed by atoms with Crippen molar-refractivity contribution >= 4 is 43.2 Å². The minimum Gasteiger partial charge on any atom is -0.277 e. The minimum atomic E-state index is -3.90. The molecule has 0 radical (unpaired) electrons. The van der Waals surface area contributed by atoms with E-state index >= 15 is 0 Å². The van der Waals surface area contributed by atoms with Gasteiger partial charge in [0.15, 0.2) is 0 Å². The van der Waals surface area contributed by atoms with Crippen molar-refractivity contribution in [3.05, 3.63) is 51.7 Å². The fraction of sp³-hybridized carbons (Fsp3) is 0. The zero-order valence-corrected chi connectivity index (χ0v) is 13.0. The highest BCUT2D eigenvalue weighted by Crippen LogP contribution is 2.27. The number of pyridine rings is 1. The van der Waals surface area contributed by atoms with E-state index in [2.05, 4.69) is 25.6 Å². The second kappa shape index (κ2) is 5.79. The average molecular weight is 373 g/mol. The molecule has 20 heavy (non-hydrogen) atoms. The molecule has 5 nitrogen and oxygen atoms in total. The van der Waals surface area contributed by atoms with Gasteiger partial charge in [-0.3, -0.25) is 4.72 Å². The molecule has 2 rings (SSSR count). The standard InChI is InChI=1S/C12H7BrClN3O2S/c13-12-10(2-1-5-16-12)17-20(18,19)11-6-8(7-15)3-4-9(11)14/h1-6,17H. The lowest BCUT2D eigenvalue weighted by atomic mass is 10.2. The Morgan fingerprint density at radius 1 is 1.35 bits per heavy atom. The number of nitrogens with one attached hydrogen (secondary N) is 1. The maximum atomic E-state index is 12.3. The Hall–Kier alpha value is -1.62. The number of halogens is 2. The fourth-order valence-electron chi connectivity index (χ4n) is 1.44. The summed E-state index contributed by atoms with van der Waals surface area (Å²) in [5, 5.41) is 8.87. The second-order valence-corrected chi connectivity index (χ2v) is 6.51. The van der Waals surface area contributed by atoms with Gasteiger partial charge in [-0.05, 0) is 46.3 Å². The van der Waals surface area contributed by atoms with Gasteiger partial charge < -0.3 is 0 Å². The summed E-state index contributed by atoms with van der Waals surface area (Å²) in [5.74, 6) is 0. The van der Waals surface area contributed by atoms with Gasteiger partial charge in [0.2, 0.25) is 0 Å². The molecule has 0 amide bonds. The molecule has 0 spiro atoms. The first kappa shape index (κ1) is 14.8. The smallest absolute Gasteiger partial charge is 0.263 e. The number of aromatic nitrogens is 1. The Labute approximate surface area is 129 Å². The number of nitrogens with zero attached hydrogens (tertiary/aromatic N) is 2. The minimum absolute atomic E-state index is 0.0384. The van der Waals surface area contributed by atoms with Gasteiger partial charge in [-0.15, -0.1) is 0 Å². The van der Waals surface area contributed by atoms with Gasteiger partial charge in [-0.25, -0.2) is 13.4 Å². The molecule has 1 aromatic heterocycles. The molecule has 1 heterocycles. The molecule has 0 fully saturated rings. The number of benzene rings is 1. The third-order valence-electron chi connectivity index (χ3n) is 2.35. The summed E-state index contributed by atoms with van der Waals surface area (Å²) in [6.45, 7) is 0. The molecule has 8 heteroatoms. The van der Waals surface area contributed by atoms with E-state index in [0.717, 1.165) is 0 Å². The number of nitriles is 1. The van der Waals surface area contributed by atoms with Crippen molar-refractivity contribution in [1.82, 2.24) is 4.98 Å². The molecular weight excluding hydrogens is 366 g/mol. The Kier molecular flexibility index (Phi) is 4.28. The zero-order chi connectivity index (χ0) is 14.8. The molecule has 0 saturated carbocycles. The SMILES string of the molecule is N#Cc1ccc(Cl)c(S(=O)(=O)Nc2cccnc2Br)c1. The van der Waals surface area contributed by atoms with Gasteiger partial charge in [0.25, 0.3) is 10.0 Å². The third kappa shape index (κ3) is 3.10. The van der Waals surface area contributed by atoms with Crippen molar-refractivity contribution in [2.24, 2.45) is 0 Å². The van der Waals surface area contributed by atoms with E-state index in [1.807, 2.05) is 6.07 Å². The number of hydrogen-bond donors (Lipinski definition) is 1. The predicted molar refractivity (Wildman–Crippen MR) is 78.9 cm³/mol. The van der Waals surface area contributed by atoms with Crippen molar-refractivity contribution in [1.29, 1.82) is 5.26 Å². The van der Waals surface area contributed by atoms with Gasteiger partial charge in [0, 0.05) is 6.20 Å². The summed E-state index contributed by atoms with van der Waals surface area (Å²) in [5.41, 5.74) is 0.492. The first-order valence-corrected chi connectivity index (χ1v) is 7.92. The molecular formula is C12H7BrClN3O2S. The maximum absolute atomic E-state index is 12.3. The highest BCUT2D eigenvalue weighted by molar-refractivity contribution is 9.10. The van der Waals surface area contributed by atoms with Crippen LogP contribution < -0.4 is 4.72 Å². The topological polar surface area (TPSA) is 82.8 Å². The maximum Gasteiger partial charge on any atom is 0.263 e. The molecule has 0 unspecified atom stereocenters. The summed E-state index contributed by atoms with van der Waals surface area (Å²) in [6, 6.07) is 9.05. The number of anilines is 1. The Bertz CT molecular complexity index is 803. The van der Waals surface area contributed by atoms with E-state index < -0.39 is 10.0 Å². The molecule has 0 aliphatic rings. The van der Waals surface area contributed by atoms with Crippen LogP contribution in [0.1, 0.15) is 5.56 Å². The van der Waals surface area contributed by atoms with E-state index in [1.54, 1.807) is 12.1 Å². The molecule has 102 valence electrons. The van der Waals surface area contributed by atoms with Crippen LogP contribution in [0.5, 0.6) is 0 Å². The van der Waals surface area contributed by atoms with Gasteiger partial charge in [0.05, 0.1) is 22.3 Å². The van der Waals surface area contributed by atoms with Gasteiger partial charge in [0.1, 0.15) is 9.50 Å². The van der Waals surface area contributed by atoms with Crippen molar-refractivity contribution in [2.75, 3.05) is 4.72 Å². The van der Waals surface area contributed by atoms with Crippen molar-refractivity contribution in [3.63, 3.8) is 0 Å². The molecule has 0 atom stereocenters. The van der Waals surface area contributed by atoms with Crippen molar-refractivity contribution in [2.45, 2.75) is 4.90 Å². The van der Waals surface area contributed by atoms with Crippen LogP contribution in [0, 0.1) is 11.3 Å². The van der Waals surface area contributed by atoms with Gasteiger partial charge >= 0.3 is 0 Å². The molecule has 2 aromatic rings. The summed E-state index contributed by atoms with van der Waals surface area (Å²) in [6.07, 6.45) is 1.52. The van der Waals surface area contributed by atoms with Crippen LogP contribution in [-0.2, 0) is 10.0 Å².